The number of rotatable bonds is 5. The normalized spacial score (nSPS) is 16.3. The van der Waals surface area contributed by atoms with Crippen molar-refractivity contribution in [2.75, 3.05) is 13.9 Å². The molecule has 2 amide bonds. The van der Waals surface area contributed by atoms with E-state index in [1.165, 1.54) is 0 Å². The van der Waals surface area contributed by atoms with Gasteiger partial charge in [-0.3, -0.25) is 14.5 Å². The number of furan rings is 1. The SMILES string of the molecule is COc1cccc(-c2ccc(/C=C3\SC(=O)N(Cc4cc5c(cc4Cl)OCO5)C3=O)o2)c1. The van der Waals surface area contributed by atoms with Gasteiger partial charge in [0.15, 0.2) is 11.5 Å². The summed E-state index contributed by atoms with van der Waals surface area (Å²) in [4.78, 5) is 26.8. The van der Waals surface area contributed by atoms with Crippen molar-refractivity contribution < 1.29 is 28.2 Å². The first-order chi connectivity index (χ1) is 15.5. The number of thioether (sulfide) groups is 1. The second kappa shape index (κ2) is 8.29. The van der Waals surface area contributed by atoms with Gasteiger partial charge >= 0.3 is 0 Å². The lowest BCUT2D eigenvalue weighted by Crippen LogP contribution is -2.27. The van der Waals surface area contributed by atoms with Crippen LogP contribution < -0.4 is 14.2 Å². The van der Waals surface area contributed by atoms with Gasteiger partial charge in [-0.2, -0.15) is 0 Å². The number of ether oxygens (including phenoxy) is 3. The van der Waals surface area contributed by atoms with Crippen molar-refractivity contribution in [1.82, 2.24) is 4.90 Å². The Morgan fingerprint density at radius 1 is 1.12 bits per heavy atom. The highest BCUT2D eigenvalue weighted by molar-refractivity contribution is 8.18. The highest BCUT2D eigenvalue weighted by Gasteiger charge is 2.36. The van der Waals surface area contributed by atoms with Crippen LogP contribution in [-0.4, -0.2) is 29.9 Å². The lowest BCUT2D eigenvalue weighted by atomic mass is 10.1. The van der Waals surface area contributed by atoms with E-state index in [-0.39, 0.29) is 23.5 Å². The molecule has 3 aromatic rings. The Hall–Kier alpha value is -3.36. The smallest absolute Gasteiger partial charge is 0.293 e. The largest absolute Gasteiger partial charge is 0.497 e. The van der Waals surface area contributed by atoms with Crippen molar-refractivity contribution in [3.63, 3.8) is 0 Å². The van der Waals surface area contributed by atoms with Crippen LogP contribution in [0.3, 0.4) is 0 Å². The number of halogens is 1. The number of nitrogens with zero attached hydrogens (tertiary/aromatic N) is 1. The zero-order valence-electron chi connectivity index (χ0n) is 16.8. The van der Waals surface area contributed by atoms with Gasteiger partial charge in [-0.15, -0.1) is 0 Å². The van der Waals surface area contributed by atoms with Crippen molar-refractivity contribution in [3.05, 3.63) is 69.8 Å². The number of hydrogen-bond acceptors (Lipinski definition) is 7. The molecule has 7 nitrogen and oxygen atoms in total. The molecule has 0 spiro atoms. The summed E-state index contributed by atoms with van der Waals surface area (Å²) in [6, 6.07) is 14.3. The first kappa shape index (κ1) is 20.5. The van der Waals surface area contributed by atoms with Gasteiger partial charge in [0.25, 0.3) is 11.1 Å². The zero-order valence-corrected chi connectivity index (χ0v) is 18.4. The van der Waals surface area contributed by atoms with Gasteiger partial charge < -0.3 is 18.6 Å². The number of methoxy groups -OCH3 is 1. The van der Waals surface area contributed by atoms with Crippen molar-refractivity contribution in [2.24, 2.45) is 0 Å². The number of hydrogen-bond donors (Lipinski definition) is 0. The summed E-state index contributed by atoms with van der Waals surface area (Å²) in [7, 11) is 1.60. The predicted octanol–water partition coefficient (Wildman–Crippen LogP) is 5.57. The number of carbonyl (C=O) groups excluding carboxylic acids is 2. The topological polar surface area (TPSA) is 78.2 Å². The molecular weight excluding hydrogens is 454 g/mol. The first-order valence-electron chi connectivity index (χ1n) is 9.59. The highest BCUT2D eigenvalue weighted by atomic mass is 35.5. The van der Waals surface area contributed by atoms with Gasteiger partial charge in [-0.1, -0.05) is 23.7 Å². The van der Waals surface area contributed by atoms with E-state index in [1.54, 1.807) is 37.5 Å². The predicted molar refractivity (Wildman–Crippen MR) is 120 cm³/mol. The maximum Gasteiger partial charge on any atom is 0.293 e. The molecule has 1 aromatic heterocycles. The monoisotopic (exact) mass is 469 g/mol. The fourth-order valence-electron chi connectivity index (χ4n) is 3.38. The number of carbonyl (C=O) groups is 2. The van der Waals surface area contributed by atoms with E-state index in [4.69, 9.17) is 30.2 Å². The highest BCUT2D eigenvalue weighted by Crippen LogP contribution is 2.39. The molecule has 1 saturated heterocycles. The minimum absolute atomic E-state index is 0.0324. The Kier molecular flexibility index (Phi) is 5.32. The first-order valence-corrected chi connectivity index (χ1v) is 10.8. The zero-order chi connectivity index (χ0) is 22.2. The van der Waals surface area contributed by atoms with Crippen molar-refractivity contribution in [3.8, 4) is 28.6 Å². The van der Waals surface area contributed by atoms with Gasteiger partial charge in [0.1, 0.15) is 17.3 Å². The quantitative estimate of drug-likeness (QED) is 0.452. The number of fused-ring (bicyclic) bond motifs is 1. The summed E-state index contributed by atoms with van der Waals surface area (Å²) >= 11 is 7.16. The summed E-state index contributed by atoms with van der Waals surface area (Å²) in [5.74, 6) is 2.47. The molecule has 0 aliphatic carbocycles. The van der Waals surface area contributed by atoms with Crippen molar-refractivity contribution in [1.29, 1.82) is 0 Å². The average molecular weight is 470 g/mol. The second-order valence-electron chi connectivity index (χ2n) is 7.00. The molecule has 5 rings (SSSR count). The molecule has 0 saturated carbocycles. The summed E-state index contributed by atoms with van der Waals surface area (Å²) in [5, 5.41) is 0.0146. The second-order valence-corrected chi connectivity index (χ2v) is 8.40. The van der Waals surface area contributed by atoms with E-state index in [1.807, 2.05) is 24.3 Å². The maximum atomic E-state index is 12.9. The van der Waals surface area contributed by atoms with Crippen LogP contribution in [0, 0.1) is 0 Å². The minimum atomic E-state index is -0.409. The summed E-state index contributed by atoms with van der Waals surface area (Å²) in [5.41, 5.74) is 1.44. The summed E-state index contributed by atoms with van der Waals surface area (Å²) < 4.78 is 21.8. The van der Waals surface area contributed by atoms with E-state index in [0.717, 1.165) is 22.2 Å². The van der Waals surface area contributed by atoms with Gasteiger partial charge in [-0.05, 0) is 47.7 Å². The van der Waals surface area contributed by atoms with Crippen LogP contribution in [0.4, 0.5) is 4.79 Å². The molecule has 3 heterocycles. The molecule has 0 radical (unpaired) electrons. The van der Waals surface area contributed by atoms with Crippen LogP contribution in [0.25, 0.3) is 17.4 Å². The molecule has 0 N–H and O–H groups in total. The van der Waals surface area contributed by atoms with E-state index in [2.05, 4.69) is 0 Å². The van der Waals surface area contributed by atoms with Crippen molar-refractivity contribution in [2.45, 2.75) is 6.54 Å². The number of benzene rings is 2. The van der Waals surface area contributed by atoms with E-state index < -0.39 is 5.91 Å². The third-order valence-corrected chi connectivity index (χ3v) is 6.26. The maximum absolute atomic E-state index is 12.9. The lowest BCUT2D eigenvalue weighted by molar-refractivity contribution is -0.123. The van der Waals surface area contributed by atoms with Gasteiger partial charge in [-0.25, -0.2) is 0 Å². The Morgan fingerprint density at radius 3 is 2.75 bits per heavy atom. The van der Waals surface area contributed by atoms with Gasteiger partial charge in [0, 0.05) is 22.7 Å². The minimum Gasteiger partial charge on any atom is -0.497 e. The molecule has 162 valence electrons. The summed E-state index contributed by atoms with van der Waals surface area (Å²) in [6.45, 7) is 0.144. The average Bonchev–Trinajstić information content (AvgIpc) is 3.50. The molecule has 0 bridgehead atoms. The van der Waals surface area contributed by atoms with E-state index >= 15 is 0 Å². The molecule has 9 heteroatoms. The summed E-state index contributed by atoms with van der Waals surface area (Å²) in [6.07, 6.45) is 1.57. The molecule has 2 aromatic carbocycles. The van der Waals surface area contributed by atoms with Crippen LogP contribution in [0.15, 0.2) is 57.9 Å². The molecule has 0 unspecified atom stereocenters. The van der Waals surface area contributed by atoms with Crippen LogP contribution in [0.2, 0.25) is 5.02 Å². The van der Waals surface area contributed by atoms with Crippen LogP contribution in [0.5, 0.6) is 17.2 Å². The third-order valence-electron chi connectivity index (χ3n) is 5.00. The fraction of sp³-hybridized carbons (Fsp3) is 0.130. The standard InChI is InChI=1S/C23H16ClNO6S/c1-28-15-4-2-3-13(7-15)18-6-5-16(31-18)9-21-22(26)25(23(27)32-21)11-14-8-19-20(10-17(14)24)30-12-29-19/h2-10H,11-12H2,1H3/b21-9-. The Labute approximate surface area is 192 Å². The molecule has 2 aliphatic rings. The molecule has 32 heavy (non-hydrogen) atoms. The lowest BCUT2D eigenvalue weighted by Gasteiger charge is -2.14. The molecule has 0 atom stereocenters. The van der Waals surface area contributed by atoms with E-state index in [9.17, 15) is 9.59 Å². The third kappa shape index (κ3) is 3.83. The Morgan fingerprint density at radius 2 is 1.94 bits per heavy atom. The number of amides is 2. The Balaban J connectivity index is 1.36. The van der Waals surface area contributed by atoms with Crippen LogP contribution >= 0.6 is 23.4 Å². The van der Waals surface area contributed by atoms with Crippen LogP contribution in [-0.2, 0) is 11.3 Å². The molecular formula is C23H16ClNO6S. The van der Waals surface area contributed by atoms with Gasteiger partial charge in [0.2, 0.25) is 6.79 Å². The number of imide groups is 1. The van der Waals surface area contributed by atoms with E-state index in [0.29, 0.717) is 39.4 Å². The van der Waals surface area contributed by atoms with Gasteiger partial charge in [0.05, 0.1) is 18.6 Å². The molecule has 1 fully saturated rings. The van der Waals surface area contributed by atoms with Crippen LogP contribution in [0.1, 0.15) is 11.3 Å². The molecule has 2 aliphatic heterocycles. The fourth-order valence-corrected chi connectivity index (χ4v) is 4.41. The van der Waals surface area contributed by atoms with Crippen molar-refractivity contribution >= 4 is 40.6 Å². The Bertz CT molecular complexity index is 1270.